The molecule has 5 aromatic rings. The molecule has 3 aromatic carbocycles. The monoisotopic (exact) mass is 935 g/mol. The number of allylic oxidation sites excluding steroid dienone is 1. The second-order valence-electron chi connectivity index (χ2n) is 18.3. The first-order valence-electron chi connectivity index (χ1n) is 23.0. The molecule has 7 heterocycles. The molecule has 4 fully saturated rings. The Kier molecular flexibility index (Phi) is 12.0. The normalized spacial score (nSPS) is 21.1. The Morgan fingerprint density at radius 1 is 0.866 bits per heavy atom. The topological polar surface area (TPSA) is 154 Å². The molecule has 3 N–H and O–H groups in total. The number of benzene rings is 3. The molecule has 10 rings (SSSR count). The predicted octanol–water partition coefficient (Wildman–Crippen LogP) is 6.62. The zero-order valence-corrected chi connectivity index (χ0v) is 37.8. The number of ketones is 1. The van der Waals surface area contributed by atoms with Crippen LogP contribution in [0.25, 0.3) is 22.2 Å². The number of rotatable bonds is 12. The number of H-pyrrole nitrogens is 1. The Balaban J connectivity index is 0.711. The third-order valence-electron chi connectivity index (χ3n) is 14.2. The number of nitrogens with zero attached hydrogens (tertiary/aromatic N) is 6. The number of halogens is 3. The fourth-order valence-electron chi connectivity index (χ4n) is 10.2. The number of amides is 2. The van der Waals surface area contributed by atoms with Gasteiger partial charge < -0.3 is 25.0 Å². The van der Waals surface area contributed by atoms with Crippen molar-refractivity contribution in [2.24, 2.45) is 5.92 Å². The van der Waals surface area contributed by atoms with Gasteiger partial charge in [-0.1, -0.05) is 18.7 Å². The van der Waals surface area contributed by atoms with Crippen molar-refractivity contribution >= 4 is 55.9 Å². The Labute approximate surface area is 387 Å². The van der Waals surface area contributed by atoms with E-state index in [-0.39, 0.29) is 36.9 Å². The smallest absolute Gasteiger partial charge is 0.301 e. The van der Waals surface area contributed by atoms with Crippen molar-refractivity contribution in [3.63, 3.8) is 0 Å². The molecule has 14 nitrogen and oxygen atoms in total. The maximum Gasteiger partial charge on any atom is 0.301 e. The van der Waals surface area contributed by atoms with Crippen LogP contribution in [0.5, 0.6) is 0 Å². The molecule has 4 saturated heterocycles. The lowest BCUT2D eigenvalue weighted by molar-refractivity contribution is -0.126. The lowest BCUT2D eigenvalue weighted by Crippen LogP contribution is -2.49. The van der Waals surface area contributed by atoms with Crippen LogP contribution in [0.1, 0.15) is 70.4 Å². The highest BCUT2D eigenvalue weighted by atomic mass is 32.2. The summed E-state index contributed by atoms with van der Waals surface area (Å²) in [6.45, 7) is 10.5. The number of carbonyl (C=O) groups is 3. The van der Waals surface area contributed by atoms with Gasteiger partial charge in [0.25, 0.3) is 5.91 Å². The summed E-state index contributed by atoms with van der Waals surface area (Å²) in [6, 6.07) is 17.2. The number of aromatic nitrogens is 2. The van der Waals surface area contributed by atoms with Crippen LogP contribution >= 0.6 is 0 Å². The van der Waals surface area contributed by atoms with Gasteiger partial charge in [0, 0.05) is 110 Å². The number of fused-ring (bicyclic) bond motifs is 2. The number of hydrogen-bond donors (Lipinski definition) is 3. The summed E-state index contributed by atoms with van der Waals surface area (Å²) < 4.78 is 73.1. The van der Waals surface area contributed by atoms with E-state index >= 15 is 8.78 Å². The summed E-state index contributed by atoms with van der Waals surface area (Å²) >= 11 is 0. The first-order valence-corrected chi connectivity index (χ1v) is 24.4. The van der Waals surface area contributed by atoms with Crippen LogP contribution in [0.4, 0.5) is 30.2 Å². The van der Waals surface area contributed by atoms with Gasteiger partial charge in [0.15, 0.2) is 5.82 Å². The molecule has 0 aliphatic carbocycles. The Morgan fingerprint density at radius 3 is 2.34 bits per heavy atom. The zero-order chi connectivity index (χ0) is 46.6. The maximum absolute atomic E-state index is 15.8. The first-order chi connectivity index (χ1) is 32.3. The third-order valence-corrected chi connectivity index (χ3v) is 15.6. The number of hydrogen-bond acceptors (Lipinski definition) is 9. The minimum atomic E-state index is -4.35. The Bertz CT molecular complexity index is 2880. The lowest BCUT2D eigenvalue weighted by Gasteiger charge is -2.38. The average molecular weight is 936 g/mol. The van der Waals surface area contributed by atoms with Crippen molar-refractivity contribution in [3.05, 3.63) is 119 Å². The molecule has 2 aromatic heterocycles. The van der Waals surface area contributed by atoms with Gasteiger partial charge in [-0.15, -0.1) is 0 Å². The largest absolute Gasteiger partial charge is 0.372 e. The van der Waals surface area contributed by atoms with Gasteiger partial charge in [0.05, 0.1) is 11.3 Å². The van der Waals surface area contributed by atoms with Crippen molar-refractivity contribution in [3.8, 4) is 11.1 Å². The minimum Gasteiger partial charge on any atom is -0.372 e. The van der Waals surface area contributed by atoms with Crippen molar-refractivity contribution in [1.29, 1.82) is 0 Å². The molecule has 2 atom stereocenters. The number of alkyl halides is 1. The molecule has 350 valence electrons. The van der Waals surface area contributed by atoms with Gasteiger partial charge in [0.2, 0.25) is 11.7 Å². The average Bonchev–Trinajstić information content (AvgIpc) is 4.06. The quantitative estimate of drug-likeness (QED) is 0.117. The molecule has 0 radical (unpaired) electrons. The third kappa shape index (κ3) is 8.89. The van der Waals surface area contributed by atoms with Gasteiger partial charge in [-0.2, -0.15) is 12.7 Å². The van der Waals surface area contributed by atoms with E-state index in [0.717, 1.165) is 104 Å². The van der Waals surface area contributed by atoms with Gasteiger partial charge >= 0.3 is 10.2 Å². The van der Waals surface area contributed by atoms with Crippen molar-refractivity contribution < 1.29 is 36.0 Å². The van der Waals surface area contributed by atoms with Crippen LogP contribution in [0.2, 0.25) is 0 Å². The fourth-order valence-corrected chi connectivity index (χ4v) is 11.5. The molecule has 18 heteroatoms. The second kappa shape index (κ2) is 18.1. The van der Waals surface area contributed by atoms with Crippen molar-refractivity contribution in [2.75, 3.05) is 73.4 Å². The van der Waals surface area contributed by atoms with Gasteiger partial charge in [-0.25, -0.2) is 18.2 Å². The van der Waals surface area contributed by atoms with Crippen LogP contribution < -0.4 is 19.8 Å². The van der Waals surface area contributed by atoms with Crippen LogP contribution in [-0.2, 0) is 21.5 Å². The Morgan fingerprint density at radius 2 is 1.61 bits per heavy atom. The molecular formula is C49H52F3N9O5S. The summed E-state index contributed by atoms with van der Waals surface area (Å²) in [5.41, 5.74) is 4.88. The fraction of sp³-hybridized carbons (Fsp3) is 0.388. The molecule has 0 saturated carbocycles. The molecule has 5 aliphatic heterocycles. The minimum absolute atomic E-state index is 0.00746. The summed E-state index contributed by atoms with van der Waals surface area (Å²) in [4.78, 5) is 56.0. The summed E-state index contributed by atoms with van der Waals surface area (Å²) in [5, 5.41) is 3.15. The molecular weight excluding hydrogens is 884 g/mol. The van der Waals surface area contributed by atoms with Crippen LogP contribution in [0.15, 0.2) is 85.3 Å². The van der Waals surface area contributed by atoms with Crippen LogP contribution in [0.3, 0.4) is 0 Å². The summed E-state index contributed by atoms with van der Waals surface area (Å²) in [7, 11) is -4.35. The first kappa shape index (κ1) is 44.6. The number of piperazine rings is 1. The van der Waals surface area contributed by atoms with E-state index in [2.05, 4.69) is 54.8 Å². The van der Waals surface area contributed by atoms with Crippen LogP contribution in [-0.4, -0.2) is 121 Å². The van der Waals surface area contributed by atoms with Crippen molar-refractivity contribution in [1.82, 2.24) is 29.4 Å². The van der Waals surface area contributed by atoms with Gasteiger partial charge in [-0.05, 0) is 111 Å². The highest BCUT2D eigenvalue weighted by molar-refractivity contribution is 7.90. The van der Waals surface area contributed by atoms with Gasteiger partial charge in [0.1, 0.15) is 23.7 Å². The second-order valence-corrected chi connectivity index (χ2v) is 20.0. The SMILES string of the molecule is C=C1CCC(N2Cc3cc(N4CCC(CCN5CCN(c6ccc(-c7cnc8[nH]cc(C(=O)c9c(F)ccc(NS(=O)(=O)N%10CC[C@@H](F)C%10)c9F)c8c7)cc6)CC5)CC4)ccc3C2=O)C(=O)N1. The van der Waals surface area contributed by atoms with E-state index < -0.39 is 51.1 Å². The van der Waals surface area contributed by atoms with E-state index in [9.17, 15) is 27.2 Å². The molecule has 0 bridgehead atoms. The zero-order valence-electron chi connectivity index (χ0n) is 36.9. The van der Waals surface area contributed by atoms with Crippen molar-refractivity contribution in [2.45, 2.75) is 57.3 Å². The van der Waals surface area contributed by atoms with E-state index in [1.165, 1.54) is 6.20 Å². The summed E-state index contributed by atoms with van der Waals surface area (Å²) in [5.74, 6) is -3.11. The predicted molar refractivity (Wildman–Crippen MR) is 250 cm³/mol. The standard InChI is InChI=1S/C49H52F3N9O5S/c1-30-2-11-43(48(63)55-30)61-28-34-24-37(7-8-38(34)49(61)64)58-17-13-31(14-18-58)12-16-57-20-22-59(23-21-57)36-5-3-32(4-6-36)33-25-39-40(27-54-47(39)53-26-33)46(62)44-41(51)9-10-42(45(44)52)56-67(65,66)60-19-15-35(50)29-60/h3-10,24-27,31,35,43,56H,1-2,11-23,28-29H2,(H,53,54)(H,55,63)/t35-,43?/m1/s1. The van der Waals surface area contributed by atoms with Crippen LogP contribution in [0, 0.1) is 17.6 Å². The highest BCUT2D eigenvalue weighted by Gasteiger charge is 2.39. The molecule has 2 amide bonds. The Hall–Kier alpha value is -6.24. The number of anilines is 3. The molecule has 67 heavy (non-hydrogen) atoms. The molecule has 5 aliphatic rings. The number of pyridine rings is 1. The number of carbonyl (C=O) groups excluding carboxylic acids is 3. The maximum atomic E-state index is 15.8. The number of nitrogens with one attached hydrogen (secondary N) is 3. The number of aromatic amines is 1. The molecule has 0 spiro atoms. The number of piperidine rings is 2. The van der Waals surface area contributed by atoms with Gasteiger partial charge in [-0.3, -0.25) is 24.0 Å². The summed E-state index contributed by atoms with van der Waals surface area (Å²) in [6.07, 6.45) is 6.30. The van der Waals surface area contributed by atoms with E-state index in [0.29, 0.717) is 53.2 Å². The van der Waals surface area contributed by atoms with E-state index in [1.807, 2.05) is 29.0 Å². The highest BCUT2D eigenvalue weighted by Crippen LogP contribution is 2.35. The van der Waals surface area contributed by atoms with E-state index in [4.69, 9.17) is 0 Å². The lowest BCUT2D eigenvalue weighted by atomic mass is 9.92. The molecule has 1 unspecified atom stereocenters. The van der Waals surface area contributed by atoms with E-state index in [1.54, 1.807) is 17.2 Å².